The maximum atomic E-state index is 6.07. The van der Waals surface area contributed by atoms with E-state index in [1.54, 1.807) is 38.5 Å². The van der Waals surface area contributed by atoms with Crippen molar-refractivity contribution in [3.63, 3.8) is 0 Å². The highest BCUT2D eigenvalue weighted by atomic mass is 16.5. The molecule has 4 aliphatic carbocycles. The van der Waals surface area contributed by atoms with Gasteiger partial charge in [-0.2, -0.15) is 0 Å². The van der Waals surface area contributed by atoms with Gasteiger partial charge >= 0.3 is 0 Å². The van der Waals surface area contributed by atoms with Crippen LogP contribution in [0.1, 0.15) is 57.8 Å². The second-order valence-corrected chi connectivity index (χ2v) is 8.42. The Morgan fingerprint density at radius 2 is 1.58 bits per heavy atom. The molecule has 5 rings (SSSR count). The zero-order valence-corrected chi connectivity index (χ0v) is 12.2. The summed E-state index contributed by atoms with van der Waals surface area (Å²) in [5.41, 5.74) is 7.12. The minimum Gasteiger partial charge on any atom is -0.381 e. The Bertz CT molecular complexity index is 310. The molecule has 5 fully saturated rings. The summed E-state index contributed by atoms with van der Waals surface area (Å²) in [6.45, 7) is 2.70. The first-order chi connectivity index (χ1) is 9.21. The zero-order chi connectivity index (χ0) is 12.9. The van der Waals surface area contributed by atoms with E-state index in [2.05, 4.69) is 0 Å². The fourth-order valence-electron chi connectivity index (χ4n) is 6.24. The van der Waals surface area contributed by atoms with E-state index in [-0.39, 0.29) is 0 Å². The molecule has 0 aromatic heterocycles. The van der Waals surface area contributed by atoms with E-state index in [0.717, 1.165) is 42.9 Å². The number of rotatable bonds is 4. The van der Waals surface area contributed by atoms with Gasteiger partial charge in [-0.3, -0.25) is 0 Å². The summed E-state index contributed by atoms with van der Waals surface area (Å²) in [4.78, 5) is 0. The highest BCUT2D eigenvalue weighted by molar-refractivity contribution is 5.02. The molecule has 1 unspecified atom stereocenters. The van der Waals surface area contributed by atoms with Crippen molar-refractivity contribution in [3.05, 3.63) is 0 Å². The maximum Gasteiger partial charge on any atom is 0.0535 e. The summed E-state index contributed by atoms with van der Waals surface area (Å²) in [5, 5.41) is 0. The fraction of sp³-hybridized carbons (Fsp3) is 1.00. The minimum absolute atomic E-state index is 0.337. The highest BCUT2D eigenvalue weighted by Crippen LogP contribution is 2.62. The summed E-state index contributed by atoms with van der Waals surface area (Å²) in [6, 6.07) is 0. The average Bonchev–Trinajstić information content (AvgIpc) is 2.84. The Morgan fingerprint density at radius 1 is 0.947 bits per heavy atom. The van der Waals surface area contributed by atoms with Crippen LogP contribution in [0.4, 0.5) is 0 Å². The molecule has 0 amide bonds. The van der Waals surface area contributed by atoms with Crippen molar-refractivity contribution >= 4 is 0 Å². The molecule has 0 aromatic rings. The summed E-state index contributed by atoms with van der Waals surface area (Å²) >= 11 is 0. The number of hydrogen-bond acceptors (Lipinski definition) is 2. The van der Waals surface area contributed by atoms with Gasteiger partial charge in [0.1, 0.15) is 0 Å². The van der Waals surface area contributed by atoms with Crippen LogP contribution in [-0.2, 0) is 4.74 Å². The van der Waals surface area contributed by atoms with Gasteiger partial charge in [0.25, 0.3) is 0 Å². The molecule has 1 heterocycles. The quantitative estimate of drug-likeness (QED) is 0.844. The fourth-order valence-corrected chi connectivity index (χ4v) is 6.24. The second kappa shape index (κ2) is 4.46. The topological polar surface area (TPSA) is 35.2 Å². The summed E-state index contributed by atoms with van der Waals surface area (Å²) in [6.07, 6.45) is 13.3. The molecule has 4 saturated carbocycles. The van der Waals surface area contributed by atoms with E-state index < -0.39 is 0 Å². The monoisotopic (exact) mass is 263 g/mol. The molecule has 0 radical (unpaired) electrons. The molecule has 108 valence electrons. The third-order valence-electron chi connectivity index (χ3n) is 6.97. The van der Waals surface area contributed by atoms with Crippen LogP contribution in [0.25, 0.3) is 0 Å². The van der Waals surface area contributed by atoms with E-state index >= 15 is 0 Å². The van der Waals surface area contributed by atoms with Crippen LogP contribution in [0.3, 0.4) is 0 Å². The first-order valence-corrected chi connectivity index (χ1v) is 8.49. The molecule has 4 bridgehead atoms. The smallest absolute Gasteiger partial charge is 0.0535 e. The minimum atomic E-state index is 0.337. The van der Waals surface area contributed by atoms with Crippen molar-refractivity contribution in [1.29, 1.82) is 0 Å². The van der Waals surface area contributed by atoms with Gasteiger partial charge in [0.2, 0.25) is 0 Å². The van der Waals surface area contributed by atoms with Crippen molar-refractivity contribution in [2.45, 2.75) is 57.8 Å². The second-order valence-electron chi connectivity index (χ2n) is 8.42. The maximum absolute atomic E-state index is 6.07. The van der Waals surface area contributed by atoms with Gasteiger partial charge in [-0.1, -0.05) is 0 Å². The molecule has 0 aromatic carbocycles. The zero-order valence-electron chi connectivity index (χ0n) is 12.2. The normalized spacial score (nSPS) is 51.9. The standard InChI is InChI=1S/C17H29NO/c18-11-16(3-4-19-12-16)1-2-17-8-13-5-14(9-17)7-15(6-13)10-17/h13-15H,1-12,18H2. The van der Waals surface area contributed by atoms with Gasteiger partial charge in [-0.05, 0) is 81.0 Å². The largest absolute Gasteiger partial charge is 0.381 e. The van der Waals surface area contributed by atoms with E-state index in [1.807, 2.05) is 0 Å². The Hall–Kier alpha value is -0.0800. The third-order valence-corrected chi connectivity index (χ3v) is 6.97. The summed E-state index contributed by atoms with van der Waals surface area (Å²) in [7, 11) is 0. The molecule has 2 N–H and O–H groups in total. The van der Waals surface area contributed by atoms with Crippen LogP contribution in [0.5, 0.6) is 0 Å². The Labute approximate surface area is 117 Å². The van der Waals surface area contributed by atoms with Crippen LogP contribution in [0.2, 0.25) is 0 Å². The third kappa shape index (κ3) is 2.15. The molecular weight excluding hydrogens is 234 g/mol. The highest BCUT2D eigenvalue weighted by Gasteiger charge is 2.51. The molecule has 5 aliphatic rings. The molecule has 1 saturated heterocycles. The van der Waals surface area contributed by atoms with Crippen LogP contribution in [0.15, 0.2) is 0 Å². The molecular formula is C17H29NO. The lowest BCUT2D eigenvalue weighted by Crippen LogP contribution is -2.46. The molecule has 1 atom stereocenters. The van der Waals surface area contributed by atoms with Gasteiger partial charge in [-0.15, -0.1) is 0 Å². The predicted molar refractivity (Wildman–Crippen MR) is 76.8 cm³/mol. The Kier molecular flexibility index (Phi) is 2.97. The Balaban J connectivity index is 1.45. The lowest BCUT2D eigenvalue weighted by Gasteiger charge is -2.57. The summed E-state index contributed by atoms with van der Waals surface area (Å²) in [5.74, 6) is 3.25. The molecule has 0 spiro atoms. The first-order valence-electron chi connectivity index (χ1n) is 8.49. The van der Waals surface area contributed by atoms with Crippen molar-refractivity contribution in [2.75, 3.05) is 19.8 Å². The number of ether oxygens (including phenoxy) is 1. The molecule has 2 nitrogen and oxygen atoms in total. The van der Waals surface area contributed by atoms with Crippen LogP contribution in [0, 0.1) is 28.6 Å². The van der Waals surface area contributed by atoms with Gasteiger partial charge in [0.05, 0.1) is 6.61 Å². The predicted octanol–water partition coefficient (Wildman–Crippen LogP) is 3.35. The Morgan fingerprint density at radius 3 is 2.05 bits per heavy atom. The van der Waals surface area contributed by atoms with Crippen LogP contribution in [-0.4, -0.2) is 19.8 Å². The first kappa shape index (κ1) is 12.6. The molecule has 2 heteroatoms. The van der Waals surface area contributed by atoms with Gasteiger partial charge in [-0.25, -0.2) is 0 Å². The SMILES string of the molecule is NCC1(CCC23CC4CC(CC(C4)C2)C3)CCOC1. The van der Waals surface area contributed by atoms with Gasteiger partial charge in [0.15, 0.2) is 0 Å². The van der Waals surface area contributed by atoms with Crippen LogP contribution < -0.4 is 5.73 Å². The van der Waals surface area contributed by atoms with E-state index in [0.29, 0.717) is 5.41 Å². The van der Waals surface area contributed by atoms with Gasteiger partial charge < -0.3 is 10.5 Å². The van der Waals surface area contributed by atoms with Crippen molar-refractivity contribution < 1.29 is 4.74 Å². The summed E-state index contributed by atoms with van der Waals surface area (Å²) < 4.78 is 5.64. The van der Waals surface area contributed by atoms with E-state index in [1.165, 1.54) is 19.3 Å². The van der Waals surface area contributed by atoms with Crippen molar-refractivity contribution in [1.82, 2.24) is 0 Å². The average molecular weight is 263 g/mol. The van der Waals surface area contributed by atoms with Gasteiger partial charge in [0, 0.05) is 18.6 Å². The molecule has 19 heavy (non-hydrogen) atoms. The van der Waals surface area contributed by atoms with E-state index in [4.69, 9.17) is 10.5 Å². The lowest BCUT2D eigenvalue weighted by atomic mass is 9.48. The lowest BCUT2D eigenvalue weighted by molar-refractivity contribution is -0.0633. The van der Waals surface area contributed by atoms with E-state index in [9.17, 15) is 0 Å². The van der Waals surface area contributed by atoms with Crippen LogP contribution >= 0.6 is 0 Å². The van der Waals surface area contributed by atoms with Crippen molar-refractivity contribution in [2.24, 2.45) is 34.3 Å². The molecule has 1 aliphatic heterocycles. The number of hydrogen-bond donors (Lipinski definition) is 1. The number of nitrogens with two attached hydrogens (primary N) is 1. The van der Waals surface area contributed by atoms with Crippen molar-refractivity contribution in [3.8, 4) is 0 Å².